The van der Waals surface area contributed by atoms with Crippen LogP contribution in [0.1, 0.15) is 48.5 Å². The van der Waals surface area contributed by atoms with Crippen molar-refractivity contribution in [1.29, 1.82) is 0 Å². The topological polar surface area (TPSA) is 90.0 Å². The number of aryl methyl sites for hydroxylation is 1. The molecule has 9 heteroatoms. The van der Waals surface area contributed by atoms with Crippen molar-refractivity contribution in [1.82, 2.24) is 20.0 Å². The van der Waals surface area contributed by atoms with Crippen LogP contribution in [0.2, 0.25) is 0 Å². The Morgan fingerprint density at radius 2 is 1.72 bits per heavy atom. The van der Waals surface area contributed by atoms with Crippen molar-refractivity contribution < 1.29 is 23.6 Å². The van der Waals surface area contributed by atoms with Crippen LogP contribution >= 0.6 is 0 Å². The minimum atomic E-state index is -0.863. The van der Waals surface area contributed by atoms with Crippen LogP contribution in [0.15, 0.2) is 18.2 Å². The summed E-state index contributed by atoms with van der Waals surface area (Å²) >= 11 is 0. The minimum Gasteiger partial charge on any atom is -0.338 e. The SMILES string of the molecule is Cc1ccc(C(=O)N2CCN(C(=O)CN3C(=O)NC4(CCC(C)CC4)C3=O)CC2)cc1F. The van der Waals surface area contributed by atoms with E-state index in [4.69, 9.17) is 0 Å². The van der Waals surface area contributed by atoms with Gasteiger partial charge in [0, 0.05) is 31.7 Å². The highest BCUT2D eigenvalue weighted by Gasteiger charge is 2.52. The number of imide groups is 1. The van der Waals surface area contributed by atoms with Gasteiger partial charge in [-0.05, 0) is 56.2 Å². The van der Waals surface area contributed by atoms with Crippen molar-refractivity contribution in [2.24, 2.45) is 5.92 Å². The number of rotatable bonds is 3. The predicted molar refractivity (Wildman–Crippen MR) is 114 cm³/mol. The number of halogens is 1. The Balaban J connectivity index is 1.33. The molecule has 0 atom stereocenters. The number of amides is 5. The van der Waals surface area contributed by atoms with Crippen LogP contribution in [0.4, 0.5) is 9.18 Å². The van der Waals surface area contributed by atoms with Crippen LogP contribution < -0.4 is 5.32 Å². The molecule has 172 valence electrons. The largest absolute Gasteiger partial charge is 0.338 e. The lowest BCUT2D eigenvalue weighted by Crippen LogP contribution is -2.53. The molecule has 0 radical (unpaired) electrons. The van der Waals surface area contributed by atoms with Gasteiger partial charge in [-0.3, -0.25) is 19.3 Å². The van der Waals surface area contributed by atoms with Gasteiger partial charge < -0.3 is 15.1 Å². The number of hydrogen-bond donors (Lipinski definition) is 1. The summed E-state index contributed by atoms with van der Waals surface area (Å²) < 4.78 is 13.8. The molecule has 2 aliphatic heterocycles. The summed E-state index contributed by atoms with van der Waals surface area (Å²) in [6.45, 7) is 4.69. The lowest BCUT2D eigenvalue weighted by Gasteiger charge is -2.35. The van der Waals surface area contributed by atoms with E-state index in [1.54, 1.807) is 28.9 Å². The molecule has 3 fully saturated rings. The maximum absolute atomic E-state index is 13.8. The lowest BCUT2D eigenvalue weighted by molar-refractivity contribution is -0.140. The fourth-order valence-corrected chi connectivity index (χ4v) is 4.72. The molecule has 1 aliphatic carbocycles. The normalized spacial score (nSPS) is 26.0. The molecule has 8 nitrogen and oxygen atoms in total. The summed E-state index contributed by atoms with van der Waals surface area (Å²) in [5, 5.41) is 2.83. The molecule has 0 bridgehead atoms. The maximum atomic E-state index is 13.8. The van der Waals surface area contributed by atoms with Gasteiger partial charge in [0.2, 0.25) is 5.91 Å². The fourth-order valence-electron chi connectivity index (χ4n) is 4.72. The molecule has 4 rings (SSSR count). The molecule has 1 aromatic carbocycles. The summed E-state index contributed by atoms with van der Waals surface area (Å²) in [6, 6.07) is 3.89. The number of benzene rings is 1. The smallest absolute Gasteiger partial charge is 0.325 e. The first-order valence-electron chi connectivity index (χ1n) is 11.2. The monoisotopic (exact) mass is 444 g/mol. The third kappa shape index (κ3) is 4.08. The Morgan fingerprint density at radius 3 is 2.34 bits per heavy atom. The maximum Gasteiger partial charge on any atom is 0.325 e. The van der Waals surface area contributed by atoms with Crippen molar-refractivity contribution in [3.05, 3.63) is 35.1 Å². The van der Waals surface area contributed by atoms with E-state index in [9.17, 15) is 23.6 Å². The Morgan fingerprint density at radius 1 is 1.09 bits per heavy atom. The lowest BCUT2D eigenvalue weighted by atomic mass is 9.77. The van der Waals surface area contributed by atoms with Gasteiger partial charge in [0.25, 0.3) is 11.8 Å². The van der Waals surface area contributed by atoms with Crippen LogP contribution in [-0.2, 0) is 9.59 Å². The summed E-state index contributed by atoms with van der Waals surface area (Å²) in [5.41, 5.74) is -0.112. The second kappa shape index (κ2) is 8.52. The molecule has 0 aromatic heterocycles. The molecular formula is C23H29FN4O4. The first-order chi connectivity index (χ1) is 15.2. The number of piperazine rings is 1. The van der Waals surface area contributed by atoms with Crippen molar-refractivity contribution in [2.75, 3.05) is 32.7 Å². The van der Waals surface area contributed by atoms with Gasteiger partial charge in [0.05, 0.1) is 0 Å². The molecule has 3 aliphatic rings. The van der Waals surface area contributed by atoms with Crippen LogP contribution in [-0.4, -0.2) is 76.7 Å². The van der Waals surface area contributed by atoms with Gasteiger partial charge in [-0.25, -0.2) is 9.18 Å². The molecule has 1 saturated carbocycles. The van der Waals surface area contributed by atoms with Gasteiger partial charge in [0.1, 0.15) is 17.9 Å². The predicted octanol–water partition coefficient (Wildman–Crippen LogP) is 1.92. The second-order valence-corrected chi connectivity index (χ2v) is 9.22. The summed E-state index contributed by atoms with van der Waals surface area (Å²) in [7, 11) is 0. The van der Waals surface area contributed by atoms with E-state index in [2.05, 4.69) is 12.2 Å². The molecule has 1 N–H and O–H groups in total. The number of carbonyl (C=O) groups is 4. The van der Waals surface area contributed by atoms with Crippen LogP contribution in [0.25, 0.3) is 0 Å². The molecule has 5 amide bonds. The molecule has 1 spiro atoms. The Kier molecular flexibility index (Phi) is 5.92. The van der Waals surface area contributed by atoms with Crippen LogP contribution in [0.3, 0.4) is 0 Å². The Labute approximate surface area is 186 Å². The summed E-state index contributed by atoms with van der Waals surface area (Å²) in [5.74, 6) is -0.806. The zero-order chi connectivity index (χ0) is 23.0. The van der Waals surface area contributed by atoms with Crippen molar-refractivity contribution in [3.8, 4) is 0 Å². The molecule has 0 unspecified atom stereocenters. The van der Waals surface area contributed by atoms with E-state index in [-0.39, 0.29) is 29.8 Å². The van der Waals surface area contributed by atoms with E-state index in [0.717, 1.165) is 17.7 Å². The number of hydrogen-bond acceptors (Lipinski definition) is 4. The van der Waals surface area contributed by atoms with Gasteiger partial charge in [-0.15, -0.1) is 0 Å². The van der Waals surface area contributed by atoms with Crippen molar-refractivity contribution in [2.45, 2.75) is 45.1 Å². The summed E-state index contributed by atoms with van der Waals surface area (Å²) in [6.07, 6.45) is 2.94. The van der Waals surface area contributed by atoms with Crippen molar-refractivity contribution >= 4 is 23.8 Å². The highest BCUT2D eigenvalue weighted by atomic mass is 19.1. The first-order valence-corrected chi connectivity index (χ1v) is 11.2. The number of nitrogens with zero attached hydrogens (tertiary/aromatic N) is 3. The molecule has 32 heavy (non-hydrogen) atoms. The molecule has 2 saturated heterocycles. The second-order valence-electron chi connectivity index (χ2n) is 9.22. The van der Waals surface area contributed by atoms with Crippen molar-refractivity contribution in [3.63, 3.8) is 0 Å². The Bertz CT molecular complexity index is 949. The number of carbonyl (C=O) groups excluding carboxylic acids is 4. The van der Waals surface area contributed by atoms with E-state index >= 15 is 0 Å². The number of urea groups is 1. The van der Waals surface area contributed by atoms with Gasteiger partial charge in [-0.1, -0.05) is 13.0 Å². The van der Waals surface area contributed by atoms with E-state index in [1.165, 1.54) is 6.07 Å². The fraction of sp³-hybridized carbons (Fsp3) is 0.565. The highest BCUT2D eigenvalue weighted by molar-refractivity contribution is 6.09. The zero-order valence-corrected chi connectivity index (χ0v) is 18.5. The molecule has 2 heterocycles. The average molecular weight is 445 g/mol. The molecule has 1 aromatic rings. The van der Waals surface area contributed by atoms with E-state index < -0.39 is 17.4 Å². The quantitative estimate of drug-likeness (QED) is 0.722. The minimum absolute atomic E-state index is 0.277. The van der Waals surface area contributed by atoms with E-state index in [1.807, 2.05) is 0 Å². The van der Waals surface area contributed by atoms with Gasteiger partial charge >= 0.3 is 6.03 Å². The van der Waals surface area contributed by atoms with Gasteiger partial charge in [-0.2, -0.15) is 0 Å². The summed E-state index contributed by atoms with van der Waals surface area (Å²) in [4.78, 5) is 55.0. The third-order valence-electron chi connectivity index (χ3n) is 7.01. The standard InChI is InChI=1S/C23H29FN4O4/c1-15-5-7-23(8-6-15)21(31)28(22(32)25-23)14-19(29)26-9-11-27(12-10-26)20(30)17-4-3-16(2)18(24)13-17/h3-4,13,15H,5-12,14H2,1-2H3,(H,25,32). The first kappa shape index (κ1) is 22.2. The van der Waals surface area contributed by atoms with Gasteiger partial charge in [0.15, 0.2) is 0 Å². The third-order valence-corrected chi connectivity index (χ3v) is 7.01. The molecular weight excluding hydrogens is 415 g/mol. The van der Waals surface area contributed by atoms with Crippen LogP contribution in [0, 0.1) is 18.7 Å². The van der Waals surface area contributed by atoms with E-state index in [0.29, 0.717) is 50.5 Å². The number of nitrogens with one attached hydrogen (secondary N) is 1. The van der Waals surface area contributed by atoms with Crippen LogP contribution in [0.5, 0.6) is 0 Å². The Hall–Kier alpha value is -2.97. The highest BCUT2D eigenvalue weighted by Crippen LogP contribution is 2.36. The average Bonchev–Trinajstić information content (AvgIpc) is 3.01. The zero-order valence-electron chi connectivity index (χ0n) is 18.5.